The number of hydrogen-bond acceptors (Lipinski definition) is 4. The third kappa shape index (κ3) is 5.62. The molecule has 2 aromatic carbocycles. The quantitative estimate of drug-likeness (QED) is 0.536. The molecule has 0 saturated heterocycles. The Kier molecular flexibility index (Phi) is 6.44. The van der Waals surface area contributed by atoms with Crippen molar-refractivity contribution in [2.75, 3.05) is 6.61 Å². The minimum absolute atomic E-state index is 0.0763. The lowest BCUT2D eigenvalue weighted by atomic mass is 10.1. The van der Waals surface area contributed by atoms with Crippen LogP contribution in [0.3, 0.4) is 0 Å². The van der Waals surface area contributed by atoms with Crippen molar-refractivity contribution in [3.05, 3.63) is 71.1 Å². The van der Waals surface area contributed by atoms with Crippen LogP contribution >= 0.6 is 0 Å². The molecule has 3 rings (SSSR count). The molecule has 158 valence electrons. The van der Waals surface area contributed by atoms with Gasteiger partial charge >= 0.3 is 12.1 Å². The third-order valence-electron chi connectivity index (χ3n) is 4.51. The van der Waals surface area contributed by atoms with E-state index in [1.807, 2.05) is 12.1 Å². The molecule has 0 aliphatic carbocycles. The maximum absolute atomic E-state index is 12.7. The van der Waals surface area contributed by atoms with E-state index in [-0.39, 0.29) is 12.3 Å². The Morgan fingerprint density at radius 1 is 1.07 bits per heavy atom. The Labute approximate surface area is 171 Å². The number of ether oxygens (including phenoxy) is 1. The van der Waals surface area contributed by atoms with Crippen LogP contribution < -0.4 is 4.74 Å². The molecule has 0 fully saturated rings. The van der Waals surface area contributed by atoms with E-state index in [1.165, 1.54) is 12.1 Å². The molecule has 0 atom stereocenters. The lowest BCUT2D eigenvalue weighted by Gasteiger charge is -2.06. The number of hydrogen-bond donors (Lipinski definition) is 1. The Hall–Kier alpha value is -3.29. The van der Waals surface area contributed by atoms with Crippen LogP contribution in [-0.4, -0.2) is 22.7 Å². The highest BCUT2D eigenvalue weighted by molar-refractivity contribution is 5.67. The predicted molar refractivity (Wildman–Crippen MR) is 103 cm³/mol. The second kappa shape index (κ2) is 9.02. The van der Waals surface area contributed by atoms with Crippen LogP contribution in [0.4, 0.5) is 13.2 Å². The van der Waals surface area contributed by atoms with Crippen molar-refractivity contribution >= 4 is 5.97 Å². The van der Waals surface area contributed by atoms with Crippen molar-refractivity contribution in [2.45, 2.75) is 32.4 Å². The summed E-state index contributed by atoms with van der Waals surface area (Å²) in [7, 11) is 0. The normalized spacial score (nSPS) is 11.5. The number of oxazole rings is 1. The highest BCUT2D eigenvalue weighted by Gasteiger charge is 2.30. The minimum atomic E-state index is -4.39. The van der Waals surface area contributed by atoms with E-state index in [0.29, 0.717) is 42.2 Å². The summed E-state index contributed by atoms with van der Waals surface area (Å²) >= 11 is 0. The van der Waals surface area contributed by atoms with E-state index in [4.69, 9.17) is 14.3 Å². The number of alkyl halides is 3. The maximum Gasteiger partial charge on any atom is 0.416 e. The van der Waals surface area contributed by atoms with Gasteiger partial charge in [0.05, 0.1) is 17.9 Å². The Morgan fingerprint density at radius 2 is 1.73 bits per heavy atom. The smallest absolute Gasteiger partial charge is 0.416 e. The molecule has 0 saturated carbocycles. The van der Waals surface area contributed by atoms with Gasteiger partial charge in [-0.25, -0.2) is 4.98 Å². The zero-order valence-corrected chi connectivity index (χ0v) is 16.2. The number of rotatable bonds is 8. The molecule has 5 nitrogen and oxygen atoms in total. The predicted octanol–water partition coefficient (Wildman–Crippen LogP) is 5.31. The van der Waals surface area contributed by atoms with Gasteiger partial charge < -0.3 is 14.3 Å². The number of benzene rings is 2. The van der Waals surface area contributed by atoms with Gasteiger partial charge in [-0.2, -0.15) is 13.2 Å². The molecular weight excluding hydrogens is 399 g/mol. The van der Waals surface area contributed by atoms with Crippen LogP contribution in [0.2, 0.25) is 0 Å². The second-order valence-electron chi connectivity index (χ2n) is 6.73. The molecule has 1 N–H and O–H groups in total. The molecule has 0 bridgehead atoms. The number of aliphatic carboxylic acids is 1. The number of aromatic nitrogens is 1. The summed E-state index contributed by atoms with van der Waals surface area (Å²) in [6, 6.07) is 11.9. The first-order valence-electron chi connectivity index (χ1n) is 9.30. The average Bonchev–Trinajstić information content (AvgIpc) is 3.07. The van der Waals surface area contributed by atoms with Crippen LogP contribution in [0.15, 0.2) is 52.9 Å². The first-order chi connectivity index (χ1) is 14.2. The standard InChI is InChI=1S/C22H20F3NO4/c1-14-19(12-13-29-18-9-2-15(3-10-18)4-11-20(27)28)26-21(30-14)16-5-7-17(8-6-16)22(23,24)25/h2-3,5-10H,4,11-13H2,1H3,(H,27,28). The van der Waals surface area contributed by atoms with Crippen LogP contribution in [0.25, 0.3) is 11.5 Å². The SMILES string of the molecule is Cc1oc(-c2ccc(C(F)(F)F)cc2)nc1CCOc1ccc(CCC(=O)O)cc1. The number of carboxylic acids is 1. The summed E-state index contributed by atoms with van der Waals surface area (Å²) in [6.45, 7) is 2.08. The van der Waals surface area contributed by atoms with Gasteiger partial charge in [0, 0.05) is 18.4 Å². The Bertz CT molecular complexity index is 993. The summed E-state index contributed by atoms with van der Waals surface area (Å²) in [4.78, 5) is 15.0. The molecule has 8 heteroatoms. The van der Waals surface area contributed by atoms with Crippen LogP contribution in [0, 0.1) is 6.92 Å². The van der Waals surface area contributed by atoms with Gasteiger partial charge in [-0.15, -0.1) is 0 Å². The molecule has 0 spiro atoms. The van der Waals surface area contributed by atoms with E-state index in [9.17, 15) is 18.0 Å². The van der Waals surface area contributed by atoms with E-state index in [0.717, 1.165) is 17.7 Å². The average molecular weight is 419 g/mol. The number of aryl methyl sites for hydroxylation is 2. The highest BCUT2D eigenvalue weighted by Crippen LogP contribution is 2.31. The summed E-state index contributed by atoms with van der Waals surface area (Å²) in [5, 5.41) is 8.71. The van der Waals surface area contributed by atoms with Crippen molar-refractivity contribution in [3.8, 4) is 17.2 Å². The number of carboxylic acid groups (broad SMARTS) is 1. The lowest BCUT2D eigenvalue weighted by Crippen LogP contribution is -2.04. The van der Waals surface area contributed by atoms with Crippen LogP contribution in [0.5, 0.6) is 5.75 Å². The molecule has 1 aromatic heterocycles. The topological polar surface area (TPSA) is 72.6 Å². The molecule has 0 unspecified atom stereocenters. The van der Waals surface area contributed by atoms with Crippen molar-refractivity contribution in [2.24, 2.45) is 0 Å². The van der Waals surface area contributed by atoms with Crippen molar-refractivity contribution in [3.63, 3.8) is 0 Å². The largest absolute Gasteiger partial charge is 0.493 e. The zero-order chi connectivity index (χ0) is 21.7. The van der Waals surface area contributed by atoms with Gasteiger partial charge in [0.15, 0.2) is 0 Å². The summed E-state index contributed by atoms with van der Waals surface area (Å²) < 4.78 is 49.3. The van der Waals surface area contributed by atoms with E-state index < -0.39 is 17.7 Å². The van der Waals surface area contributed by atoms with Crippen LogP contribution in [0.1, 0.15) is 29.0 Å². The number of nitrogens with zero attached hydrogens (tertiary/aromatic N) is 1. The first-order valence-corrected chi connectivity index (χ1v) is 9.30. The molecule has 30 heavy (non-hydrogen) atoms. The van der Waals surface area contributed by atoms with Gasteiger partial charge in [-0.3, -0.25) is 4.79 Å². The zero-order valence-electron chi connectivity index (χ0n) is 16.2. The number of carbonyl (C=O) groups is 1. The fourth-order valence-electron chi connectivity index (χ4n) is 2.85. The Balaban J connectivity index is 1.57. The summed E-state index contributed by atoms with van der Waals surface area (Å²) in [5.74, 6) is 0.656. The van der Waals surface area contributed by atoms with Gasteiger partial charge in [0.1, 0.15) is 11.5 Å². The fourth-order valence-corrected chi connectivity index (χ4v) is 2.85. The summed E-state index contributed by atoms with van der Waals surface area (Å²) in [6.07, 6.45) is -3.38. The summed E-state index contributed by atoms with van der Waals surface area (Å²) in [5.41, 5.74) is 1.33. The fraction of sp³-hybridized carbons (Fsp3) is 0.273. The molecule has 1 heterocycles. The first kappa shape index (κ1) is 21.4. The second-order valence-corrected chi connectivity index (χ2v) is 6.73. The van der Waals surface area contributed by atoms with Gasteiger partial charge in [0.25, 0.3) is 0 Å². The third-order valence-corrected chi connectivity index (χ3v) is 4.51. The number of halogens is 3. The highest BCUT2D eigenvalue weighted by atomic mass is 19.4. The molecular formula is C22H20F3NO4. The molecule has 0 amide bonds. The monoisotopic (exact) mass is 419 g/mol. The molecule has 0 aliphatic heterocycles. The van der Waals surface area contributed by atoms with Crippen molar-refractivity contribution < 1.29 is 32.2 Å². The lowest BCUT2D eigenvalue weighted by molar-refractivity contribution is -0.138. The van der Waals surface area contributed by atoms with Gasteiger partial charge in [-0.05, 0) is 55.3 Å². The maximum atomic E-state index is 12.7. The van der Waals surface area contributed by atoms with Gasteiger partial charge in [0.2, 0.25) is 5.89 Å². The van der Waals surface area contributed by atoms with E-state index >= 15 is 0 Å². The Morgan fingerprint density at radius 3 is 2.33 bits per heavy atom. The molecule has 0 radical (unpaired) electrons. The minimum Gasteiger partial charge on any atom is -0.493 e. The van der Waals surface area contributed by atoms with E-state index in [1.54, 1.807) is 19.1 Å². The van der Waals surface area contributed by atoms with Gasteiger partial charge in [-0.1, -0.05) is 12.1 Å². The van der Waals surface area contributed by atoms with E-state index in [2.05, 4.69) is 4.98 Å². The van der Waals surface area contributed by atoms with Crippen LogP contribution in [-0.2, 0) is 23.8 Å². The van der Waals surface area contributed by atoms with Crippen molar-refractivity contribution in [1.82, 2.24) is 4.98 Å². The van der Waals surface area contributed by atoms with Crippen molar-refractivity contribution in [1.29, 1.82) is 0 Å². The molecule has 3 aromatic rings. The molecule has 0 aliphatic rings.